The monoisotopic (exact) mass is 278 g/mol. The number of likely N-dealkylation sites (tertiary alicyclic amines) is 1. The van der Waals surface area contributed by atoms with Gasteiger partial charge in [-0.05, 0) is 64.1 Å². The number of carbonyl (C=O) groups excluding carboxylic acids is 1. The lowest BCUT2D eigenvalue weighted by molar-refractivity contribution is -0.138. The van der Waals surface area contributed by atoms with Gasteiger partial charge in [0.2, 0.25) is 0 Å². The van der Waals surface area contributed by atoms with Crippen molar-refractivity contribution in [1.82, 2.24) is 9.80 Å². The Morgan fingerprint density at radius 2 is 1.75 bits per heavy atom. The molecule has 5 rings (SSSR count). The Balaban J connectivity index is 1.31. The van der Waals surface area contributed by atoms with E-state index in [-0.39, 0.29) is 0 Å². The molecule has 0 amide bonds. The summed E-state index contributed by atoms with van der Waals surface area (Å²) in [6.07, 6.45) is 4.70. The third-order valence-corrected chi connectivity index (χ3v) is 6.12. The van der Waals surface area contributed by atoms with E-state index >= 15 is 0 Å². The van der Waals surface area contributed by atoms with Gasteiger partial charge in [-0.2, -0.15) is 0 Å². The fourth-order valence-electron chi connectivity index (χ4n) is 4.91. The van der Waals surface area contributed by atoms with Crippen LogP contribution in [-0.2, 0) is 9.53 Å². The third kappa shape index (κ3) is 2.13. The zero-order valence-corrected chi connectivity index (χ0v) is 12.6. The maximum atomic E-state index is 11.6. The van der Waals surface area contributed by atoms with Crippen LogP contribution < -0.4 is 0 Å². The van der Waals surface area contributed by atoms with E-state index in [9.17, 15) is 4.79 Å². The van der Waals surface area contributed by atoms with Crippen molar-refractivity contribution in [2.45, 2.75) is 38.5 Å². The minimum Gasteiger partial charge on any atom is -0.353 e. The smallest absolute Gasteiger partial charge is 0.138 e. The Bertz CT molecular complexity index is 393. The maximum absolute atomic E-state index is 11.6. The molecular formula is C16H26N2O2. The highest BCUT2D eigenvalue weighted by Crippen LogP contribution is 2.49. The lowest BCUT2D eigenvalue weighted by Gasteiger charge is -2.52. The number of fused-ring (bicyclic) bond motifs is 2. The predicted octanol–water partition coefficient (Wildman–Crippen LogP) is 1.21. The zero-order valence-electron chi connectivity index (χ0n) is 12.6. The average molecular weight is 278 g/mol. The first-order valence-electron chi connectivity index (χ1n) is 8.22. The van der Waals surface area contributed by atoms with Gasteiger partial charge in [0.25, 0.3) is 0 Å². The van der Waals surface area contributed by atoms with Crippen LogP contribution in [0.4, 0.5) is 0 Å². The van der Waals surface area contributed by atoms with Crippen molar-refractivity contribution in [1.29, 1.82) is 0 Å². The fourth-order valence-corrected chi connectivity index (χ4v) is 4.91. The number of hydrogen-bond acceptors (Lipinski definition) is 4. The number of ketones is 1. The number of ether oxygens (including phenoxy) is 1. The lowest BCUT2D eigenvalue weighted by Crippen LogP contribution is -2.58. The first-order chi connectivity index (χ1) is 9.63. The van der Waals surface area contributed by atoms with Gasteiger partial charge in [0.15, 0.2) is 0 Å². The van der Waals surface area contributed by atoms with Crippen LogP contribution in [0.3, 0.4) is 0 Å². The second-order valence-corrected chi connectivity index (χ2v) is 7.48. The summed E-state index contributed by atoms with van der Waals surface area (Å²) in [6.45, 7) is 6.39. The molecule has 5 aliphatic rings. The molecule has 5 fully saturated rings. The summed E-state index contributed by atoms with van der Waals surface area (Å²) in [5.41, 5.74) is 0. The normalized spacial score (nSPS) is 46.0. The summed E-state index contributed by atoms with van der Waals surface area (Å²) >= 11 is 0. The molecule has 0 N–H and O–H groups in total. The van der Waals surface area contributed by atoms with E-state index in [1.165, 1.54) is 32.4 Å². The summed E-state index contributed by atoms with van der Waals surface area (Å²) in [5, 5.41) is 0. The molecule has 0 spiro atoms. The number of piperidine rings is 3. The highest BCUT2D eigenvalue weighted by molar-refractivity contribution is 5.80. The van der Waals surface area contributed by atoms with Crippen molar-refractivity contribution in [3.63, 3.8) is 0 Å². The zero-order chi connectivity index (χ0) is 13.9. The summed E-state index contributed by atoms with van der Waals surface area (Å²) in [5.74, 6) is 2.78. The van der Waals surface area contributed by atoms with Gasteiger partial charge >= 0.3 is 0 Å². The summed E-state index contributed by atoms with van der Waals surface area (Å²) in [6, 6.07) is 0. The maximum Gasteiger partial charge on any atom is 0.138 e. The lowest BCUT2D eigenvalue weighted by atomic mass is 9.60. The Morgan fingerprint density at radius 1 is 1.10 bits per heavy atom. The van der Waals surface area contributed by atoms with Crippen LogP contribution in [-0.4, -0.2) is 61.1 Å². The molecule has 4 atom stereocenters. The topological polar surface area (TPSA) is 36.1 Å². The summed E-state index contributed by atoms with van der Waals surface area (Å²) < 4.78 is 6.02. The summed E-state index contributed by atoms with van der Waals surface area (Å²) in [7, 11) is 2.21. The van der Waals surface area contributed by atoms with Gasteiger partial charge in [-0.25, -0.2) is 0 Å². The molecular weight excluding hydrogens is 252 g/mol. The fraction of sp³-hybridized carbons (Fsp3) is 0.938. The van der Waals surface area contributed by atoms with Gasteiger partial charge in [0, 0.05) is 19.0 Å². The Morgan fingerprint density at radius 3 is 2.35 bits per heavy atom. The minimum atomic E-state index is 0.367. The van der Waals surface area contributed by atoms with Crippen molar-refractivity contribution in [3.05, 3.63) is 0 Å². The predicted molar refractivity (Wildman–Crippen MR) is 76.2 cm³/mol. The van der Waals surface area contributed by atoms with Gasteiger partial charge in [-0.15, -0.1) is 0 Å². The molecule has 112 valence electrons. The quantitative estimate of drug-likeness (QED) is 0.727. The van der Waals surface area contributed by atoms with Crippen molar-refractivity contribution < 1.29 is 9.53 Å². The number of carbonyl (C=O) groups is 1. The summed E-state index contributed by atoms with van der Waals surface area (Å²) in [4.78, 5) is 16.6. The SMILES string of the molecule is CC(=O)C1C2CC1CN(C1OC1C1CCN(C)CC1)C2. The van der Waals surface area contributed by atoms with Crippen LogP contribution in [0.2, 0.25) is 0 Å². The van der Waals surface area contributed by atoms with Crippen LogP contribution in [0, 0.1) is 23.7 Å². The molecule has 0 radical (unpaired) electrons. The Kier molecular flexibility index (Phi) is 3.17. The molecule has 0 aromatic carbocycles. The van der Waals surface area contributed by atoms with E-state index in [1.807, 2.05) is 0 Å². The number of epoxide rings is 1. The van der Waals surface area contributed by atoms with Crippen molar-refractivity contribution in [2.75, 3.05) is 33.2 Å². The Labute approximate surface area is 121 Å². The highest BCUT2D eigenvalue weighted by Gasteiger charge is 2.56. The molecule has 2 bridgehead atoms. The third-order valence-electron chi connectivity index (χ3n) is 6.12. The molecule has 4 heteroatoms. The van der Waals surface area contributed by atoms with Gasteiger partial charge in [-0.3, -0.25) is 9.69 Å². The second-order valence-electron chi connectivity index (χ2n) is 7.48. The molecule has 4 nitrogen and oxygen atoms in total. The van der Waals surface area contributed by atoms with Crippen LogP contribution in [0.5, 0.6) is 0 Å². The molecule has 0 aromatic heterocycles. The molecule has 4 saturated heterocycles. The largest absolute Gasteiger partial charge is 0.353 e. The molecule has 4 unspecified atom stereocenters. The molecule has 4 heterocycles. The van der Waals surface area contributed by atoms with E-state index in [0.717, 1.165) is 19.0 Å². The van der Waals surface area contributed by atoms with Crippen molar-refractivity contribution in [2.24, 2.45) is 23.7 Å². The van der Waals surface area contributed by atoms with Crippen LogP contribution in [0.15, 0.2) is 0 Å². The average Bonchev–Trinajstić information content (AvgIpc) is 3.19. The van der Waals surface area contributed by atoms with Crippen LogP contribution >= 0.6 is 0 Å². The number of rotatable bonds is 3. The highest BCUT2D eigenvalue weighted by atomic mass is 16.6. The second kappa shape index (κ2) is 4.79. The van der Waals surface area contributed by atoms with Crippen LogP contribution in [0.25, 0.3) is 0 Å². The van der Waals surface area contributed by atoms with Gasteiger partial charge in [-0.1, -0.05) is 0 Å². The van der Waals surface area contributed by atoms with Gasteiger partial charge in [0.1, 0.15) is 18.1 Å². The molecule has 1 saturated carbocycles. The Hall–Kier alpha value is -0.450. The molecule has 0 aromatic rings. The number of hydrogen-bond donors (Lipinski definition) is 0. The van der Waals surface area contributed by atoms with Crippen molar-refractivity contribution >= 4 is 5.78 Å². The molecule has 4 aliphatic heterocycles. The van der Waals surface area contributed by atoms with Gasteiger partial charge in [0.05, 0.1) is 0 Å². The van der Waals surface area contributed by atoms with E-state index in [2.05, 4.69) is 16.8 Å². The van der Waals surface area contributed by atoms with Crippen molar-refractivity contribution in [3.8, 4) is 0 Å². The molecule has 1 aliphatic carbocycles. The van der Waals surface area contributed by atoms with Crippen LogP contribution in [0.1, 0.15) is 26.2 Å². The first-order valence-corrected chi connectivity index (χ1v) is 8.22. The molecule has 20 heavy (non-hydrogen) atoms. The minimum absolute atomic E-state index is 0.367. The van der Waals surface area contributed by atoms with E-state index in [0.29, 0.717) is 35.9 Å². The van der Waals surface area contributed by atoms with E-state index in [4.69, 9.17) is 4.74 Å². The van der Waals surface area contributed by atoms with E-state index < -0.39 is 0 Å². The van der Waals surface area contributed by atoms with E-state index in [1.54, 1.807) is 6.92 Å². The number of nitrogens with zero attached hydrogens (tertiary/aromatic N) is 2. The number of Topliss-reactive ketones (excluding diaryl/α,β-unsaturated/α-hetero) is 1. The van der Waals surface area contributed by atoms with Gasteiger partial charge < -0.3 is 9.64 Å². The standard InChI is InChI=1S/C16H26N2O2/c1-10(19)14-12-7-13(14)9-18(8-12)16-15(20-16)11-3-5-17(2)6-4-11/h11-16H,3-9H2,1-2H3. The first kappa shape index (κ1) is 13.2.